The molecule has 0 aromatic rings. The number of halogens is 2. The fraction of sp³-hybridized carbons (Fsp3) is 0.955. The SMILES string of the molecule is CCCC1CCN(C2CCC3(CC2)CCN(C(=O)C(C)C)CC3)CC1(F)F. The Labute approximate surface area is 163 Å². The topological polar surface area (TPSA) is 23.6 Å². The first-order valence-corrected chi connectivity index (χ1v) is 11.2. The van der Waals surface area contributed by atoms with Crippen molar-refractivity contribution in [3.63, 3.8) is 0 Å². The molecule has 3 aliphatic rings. The summed E-state index contributed by atoms with van der Waals surface area (Å²) < 4.78 is 29.0. The van der Waals surface area contributed by atoms with Crippen molar-refractivity contribution in [3.05, 3.63) is 0 Å². The van der Waals surface area contributed by atoms with Crippen LogP contribution in [0, 0.1) is 17.3 Å². The van der Waals surface area contributed by atoms with Gasteiger partial charge in [0.1, 0.15) is 0 Å². The van der Waals surface area contributed by atoms with Gasteiger partial charge in [-0.1, -0.05) is 27.2 Å². The van der Waals surface area contributed by atoms with Crippen LogP contribution in [0.15, 0.2) is 0 Å². The normalized spacial score (nSPS) is 29.4. The van der Waals surface area contributed by atoms with Crippen LogP contribution in [0.2, 0.25) is 0 Å². The maximum Gasteiger partial charge on any atom is 0.263 e. The van der Waals surface area contributed by atoms with E-state index in [1.54, 1.807) is 0 Å². The molecule has 1 spiro atoms. The van der Waals surface area contributed by atoms with Gasteiger partial charge >= 0.3 is 0 Å². The zero-order valence-corrected chi connectivity index (χ0v) is 17.5. The number of nitrogens with zero attached hydrogens (tertiary/aromatic N) is 2. The monoisotopic (exact) mass is 384 g/mol. The van der Waals surface area contributed by atoms with Crippen molar-refractivity contribution < 1.29 is 13.6 Å². The molecular weight excluding hydrogens is 346 g/mol. The summed E-state index contributed by atoms with van der Waals surface area (Å²) in [6.45, 7) is 8.50. The summed E-state index contributed by atoms with van der Waals surface area (Å²) in [5, 5.41) is 0. The third-order valence-corrected chi connectivity index (χ3v) is 7.57. The molecule has 0 aromatic carbocycles. The van der Waals surface area contributed by atoms with Gasteiger partial charge in [-0.15, -0.1) is 0 Å². The number of hydrogen-bond donors (Lipinski definition) is 0. The molecule has 1 saturated carbocycles. The molecule has 0 radical (unpaired) electrons. The van der Waals surface area contributed by atoms with Gasteiger partial charge in [0, 0.05) is 31.0 Å². The van der Waals surface area contributed by atoms with E-state index in [9.17, 15) is 13.6 Å². The molecule has 3 fully saturated rings. The van der Waals surface area contributed by atoms with Crippen LogP contribution < -0.4 is 0 Å². The molecule has 1 unspecified atom stereocenters. The maximum absolute atomic E-state index is 14.5. The molecule has 156 valence electrons. The first-order valence-electron chi connectivity index (χ1n) is 11.2. The lowest BCUT2D eigenvalue weighted by Gasteiger charge is -2.49. The summed E-state index contributed by atoms with van der Waals surface area (Å²) >= 11 is 0. The number of rotatable bonds is 4. The minimum atomic E-state index is -2.52. The van der Waals surface area contributed by atoms with Gasteiger partial charge in [0.05, 0.1) is 6.54 Å². The van der Waals surface area contributed by atoms with Crippen molar-refractivity contribution in [2.75, 3.05) is 26.2 Å². The summed E-state index contributed by atoms with van der Waals surface area (Å²) in [4.78, 5) is 16.3. The molecule has 1 atom stereocenters. The predicted octanol–water partition coefficient (Wildman–Crippen LogP) is 4.95. The van der Waals surface area contributed by atoms with Crippen molar-refractivity contribution in [2.45, 2.75) is 90.5 Å². The summed E-state index contributed by atoms with van der Waals surface area (Å²) in [7, 11) is 0. The van der Waals surface area contributed by atoms with E-state index >= 15 is 0 Å². The van der Waals surface area contributed by atoms with E-state index in [1.807, 2.05) is 25.7 Å². The highest BCUT2D eigenvalue weighted by molar-refractivity contribution is 5.78. The Kier molecular flexibility index (Phi) is 6.49. The number of alkyl halides is 2. The van der Waals surface area contributed by atoms with Crippen LogP contribution >= 0.6 is 0 Å². The van der Waals surface area contributed by atoms with E-state index in [0.717, 1.165) is 64.6 Å². The molecule has 0 bridgehead atoms. The first kappa shape index (κ1) is 21.0. The van der Waals surface area contributed by atoms with Crippen LogP contribution in [0.1, 0.15) is 78.6 Å². The molecule has 2 heterocycles. The molecule has 2 aliphatic heterocycles. The summed E-state index contributed by atoms with van der Waals surface area (Å²) in [5.74, 6) is -2.59. The molecule has 3 nitrogen and oxygen atoms in total. The lowest BCUT2D eigenvalue weighted by Crippen LogP contribution is -2.54. The summed E-state index contributed by atoms with van der Waals surface area (Å²) in [6, 6.07) is 0.333. The van der Waals surface area contributed by atoms with Gasteiger partial charge in [-0.3, -0.25) is 9.69 Å². The van der Waals surface area contributed by atoms with Crippen molar-refractivity contribution in [1.29, 1.82) is 0 Å². The third kappa shape index (κ3) is 4.65. The number of amides is 1. The van der Waals surface area contributed by atoms with Gasteiger partial charge in [0.2, 0.25) is 5.91 Å². The molecule has 5 heteroatoms. The van der Waals surface area contributed by atoms with Gasteiger partial charge in [-0.05, 0) is 63.3 Å². The summed E-state index contributed by atoms with van der Waals surface area (Å²) in [6.07, 6.45) is 8.71. The molecule has 3 rings (SSSR count). The zero-order valence-electron chi connectivity index (χ0n) is 17.5. The van der Waals surface area contributed by atoms with Gasteiger partial charge < -0.3 is 4.90 Å². The minimum Gasteiger partial charge on any atom is -0.342 e. The number of hydrogen-bond acceptors (Lipinski definition) is 2. The Morgan fingerprint density at radius 1 is 1.04 bits per heavy atom. The fourth-order valence-electron chi connectivity index (χ4n) is 5.67. The van der Waals surface area contributed by atoms with Crippen molar-refractivity contribution in [2.24, 2.45) is 17.3 Å². The lowest BCUT2D eigenvalue weighted by atomic mass is 9.66. The van der Waals surface area contributed by atoms with Crippen LogP contribution in [0.3, 0.4) is 0 Å². The fourth-order valence-corrected chi connectivity index (χ4v) is 5.67. The number of piperidine rings is 2. The van der Waals surface area contributed by atoms with E-state index in [-0.39, 0.29) is 18.4 Å². The van der Waals surface area contributed by atoms with Crippen molar-refractivity contribution in [1.82, 2.24) is 9.80 Å². The number of carbonyl (C=O) groups excluding carboxylic acids is 1. The molecule has 0 N–H and O–H groups in total. The van der Waals surface area contributed by atoms with Gasteiger partial charge in [0.25, 0.3) is 5.92 Å². The second kappa shape index (κ2) is 8.34. The minimum absolute atomic E-state index is 0.0357. The molecule has 1 amide bonds. The smallest absolute Gasteiger partial charge is 0.263 e. The average Bonchev–Trinajstić information content (AvgIpc) is 2.64. The lowest BCUT2D eigenvalue weighted by molar-refractivity contribution is -0.138. The largest absolute Gasteiger partial charge is 0.342 e. The van der Waals surface area contributed by atoms with Crippen LogP contribution in [-0.2, 0) is 4.79 Å². The molecule has 1 aliphatic carbocycles. The Bertz CT molecular complexity index is 504. The van der Waals surface area contributed by atoms with Crippen LogP contribution in [0.25, 0.3) is 0 Å². The zero-order chi connectivity index (χ0) is 19.7. The van der Waals surface area contributed by atoms with E-state index in [0.29, 0.717) is 24.3 Å². The predicted molar refractivity (Wildman–Crippen MR) is 105 cm³/mol. The summed E-state index contributed by atoms with van der Waals surface area (Å²) in [5.41, 5.74) is 0.354. The highest BCUT2D eigenvalue weighted by Gasteiger charge is 2.47. The first-order chi connectivity index (χ1) is 12.8. The van der Waals surface area contributed by atoms with Crippen LogP contribution in [-0.4, -0.2) is 53.9 Å². The molecule has 27 heavy (non-hydrogen) atoms. The third-order valence-electron chi connectivity index (χ3n) is 7.57. The van der Waals surface area contributed by atoms with E-state index in [1.165, 1.54) is 0 Å². The number of carbonyl (C=O) groups is 1. The highest BCUT2D eigenvalue weighted by atomic mass is 19.3. The standard InChI is InChI=1S/C22H38F2N2O/c1-4-5-18-8-13-26(16-22(18,23)24)19-6-9-21(10-7-19)11-14-25(15-12-21)20(27)17(2)3/h17-19H,4-16H2,1-3H3. The van der Waals surface area contributed by atoms with Crippen LogP contribution in [0.4, 0.5) is 8.78 Å². The van der Waals surface area contributed by atoms with E-state index < -0.39 is 11.8 Å². The second-order valence-corrected chi connectivity index (χ2v) is 9.72. The van der Waals surface area contributed by atoms with Gasteiger partial charge in [0.15, 0.2) is 0 Å². The van der Waals surface area contributed by atoms with E-state index in [2.05, 4.69) is 4.90 Å². The molecular formula is C22H38F2N2O. The molecule has 0 aromatic heterocycles. The number of likely N-dealkylation sites (tertiary alicyclic amines) is 2. The van der Waals surface area contributed by atoms with Gasteiger partial charge in [-0.2, -0.15) is 0 Å². The van der Waals surface area contributed by atoms with Gasteiger partial charge in [-0.25, -0.2) is 8.78 Å². The maximum atomic E-state index is 14.5. The second-order valence-electron chi connectivity index (χ2n) is 9.72. The Hall–Kier alpha value is -0.710. The van der Waals surface area contributed by atoms with Crippen molar-refractivity contribution >= 4 is 5.91 Å². The molecule has 2 saturated heterocycles. The Balaban J connectivity index is 1.49. The van der Waals surface area contributed by atoms with Crippen LogP contribution in [0.5, 0.6) is 0 Å². The quantitative estimate of drug-likeness (QED) is 0.685. The Morgan fingerprint density at radius 3 is 2.19 bits per heavy atom. The highest BCUT2D eigenvalue weighted by Crippen LogP contribution is 2.47. The van der Waals surface area contributed by atoms with E-state index in [4.69, 9.17) is 0 Å². The Morgan fingerprint density at radius 2 is 1.67 bits per heavy atom. The average molecular weight is 385 g/mol. The van der Waals surface area contributed by atoms with Crippen molar-refractivity contribution in [3.8, 4) is 0 Å².